The summed E-state index contributed by atoms with van der Waals surface area (Å²) in [6.45, 7) is 1.36. The molecule has 0 aromatic heterocycles. The summed E-state index contributed by atoms with van der Waals surface area (Å²) >= 11 is 6.00. The fraction of sp³-hybridized carbons (Fsp3) is 0.381. The van der Waals surface area contributed by atoms with E-state index in [4.69, 9.17) is 11.6 Å². The second kappa shape index (κ2) is 8.64. The predicted octanol–water partition coefficient (Wildman–Crippen LogP) is 4.00. The molecule has 150 valence electrons. The summed E-state index contributed by atoms with van der Waals surface area (Å²) in [6, 6.07) is 14.0. The van der Waals surface area contributed by atoms with Crippen molar-refractivity contribution in [3.8, 4) is 0 Å². The number of carbonyl (C=O) groups is 1. The van der Waals surface area contributed by atoms with Crippen molar-refractivity contribution in [1.29, 1.82) is 0 Å². The molecular weight excluding hydrogens is 396 g/mol. The predicted molar refractivity (Wildman–Crippen MR) is 111 cm³/mol. The van der Waals surface area contributed by atoms with Gasteiger partial charge in [-0.1, -0.05) is 30.2 Å². The molecule has 3 rings (SSSR count). The van der Waals surface area contributed by atoms with Gasteiger partial charge in [-0.15, -0.1) is 0 Å². The highest BCUT2D eigenvalue weighted by atomic mass is 35.5. The number of sulfonamides is 1. The quantitative estimate of drug-likeness (QED) is 0.751. The highest BCUT2D eigenvalue weighted by Crippen LogP contribution is 2.28. The minimum Gasteiger partial charge on any atom is -0.338 e. The molecule has 7 heteroatoms. The summed E-state index contributed by atoms with van der Waals surface area (Å²) in [7, 11) is -0.524. The molecule has 0 radical (unpaired) electrons. The van der Waals surface area contributed by atoms with E-state index in [2.05, 4.69) is 0 Å². The van der Waals surface area contributed by atoms with E-state index >= 15 is 0 Å². The zero-order valence-electron chi connectivity index (χ0n) is 16.1. The van der Waals surface area contributed by atoms with Crippen LogP contribution in [0.1, 0.15) is 41.1 Å². The Hall–Kier alpha value is -1.89. The highest BCUT2D eigenvalue weighted by molar-refractivity contribution is 7.89. The van der Waals surface area contributed by atoms with E-state index in [1.54, 1.807) is 12.1 Å². The van der Waals surface area contributed by atoms with Crippen LogP contribution in [0.2, 0.25) is 5.02 Å². The van der Waals surface area contributed by atoms with Crippen LogP contribution in [-0.2, 0) is 10.0 Å². The molecule has 28 heavy (non-hydrogen) atoms. The van der Waals surface area contributed by atoms with Crippen molar-refractivity contribution in [2.75, 3.05) is 27.2 Å². The van der Waals surface area contributed by atoms with Gasteiger partial charge in [0.25, 0.3) is 5.91 Å². The SMILES string of the molecule is CN(C)S(=O)(=O)c1ccc(C(=O)N2CCCCC(c3ccc(Cl)cc3)C2)cc1. The highest BCUT2D eigenvalue weighted by Gasteiger charge is 2.25. The van der Waals surface area contributed by atoms with Gasteiger partial charge in [-0.3, -0.25) is 4.79 Å². The zero-order chi connectivity index (χ0) is 20.3. The van der Waals surface area contributed by atoms with Gasteiger partial charge in [0.1, 0.15) is 0 Å². The minimum atomic E-state index is -3.50. The van der Waals surface area contributed by atoms with E-state index in [1.807, 2.05) is 29.2 Å². The van der Waals surface area contributed by atoms with E-state index in [-0.39, 0.29) is 16.7 Å². The number of amides is 1. The monoisotopic (exact) mass is 420 g/mol. The Kier molecular flexibility index (Phi) is 6.43. The van der Waals surface area contributed by atoms with Crippen molar-refractivity contribution < 1.29 is 13.2 Å². The molecule has 0 spiro atoms. The first-order valence-electron chi connectivity index (χ1n) is 9.36. The van der Waals surface area contributed by atoms with Crippen molar-refractivity contribution in [2.45, 2.75) is 30.1 Å². The lowest BCUT2D eigenvalue weighted by Gasteiger charge is -2.25. The van der Waals surface area contributed by atoms with E-state index in [0.29, 0.717) is 23.7 Å². The van der Waals surface area contributed by atoms with Gasteiger partial charge in [0, 0.05) is 43.7 Å². The van der Waals surface area contributed by atoms with Crippen LogP contribution in [0, 0.1) is 0 Å². The minimum absolute atomic E-state index is 0.0605. The van der Waals surface area contributed by atoms with E-state index in [0.717, 1.165) is 23.6 Å². The molecule has 1 atom stereocenters. The fourth-order valence-corrected chi connectivity index (χ4v) is 4.52. The number of carbonyl (C=O) groups excluding carboxylic acids is 1. The Morgan fingerprint density at radius 3 is 2.29 bits per heavy atom. The largest absolute Gasteiger partial charge is 0.338 e. The van der Waals surface area contributed by atoms with Crippen molar-refractivity contribution >= 4 is 27.5 Å². The van der Waals surface area contributed by atoms with Gasteiger partial charge in [0.2, 0.25) is 10.0 Å². The van der Waals surface area contributed by atoms with Gasteiger partial charge in [-0.25, -0.2) is 12.7 Å². The number of halogens is 1. The smallest absolute Gasteiger partial charge is 0.253 e. The normalized spacial score (nSPS) is 18.1. The summed E-state index contributed by atoms with van der Waals surface area (Å²) in [5, 5.41) is 0.707. The van der Waals surface area contributed by atoms with Crippen LogP contribution in [-0.4, -0.2) is 50.7 Å². The third-order valence-electron chi connectivity index (χ3n) is 5.18. The molecule has 5 nitrogen and oxygen atoms in total. The Labute approximate surface area is 172 Å². The Bertz CT molecular complexity index is 925. The topological polar surface area (TPSA) is 57.7 Å². The van der Waals surface area contributed by atoms with Gasteiger partial charge in [-0.2, -0.15) is 0 Å². The van der Waals surface area contributed by atoms with Crippen LogP contribution >= 0.6 is 11.6 Å². The second-order valence-corrected chi connectivity index (χ2v) is 9.90. The van der Waals surface area contributed by atoms with Crippen LogP contribution in [0.15, 0.2) is 53.4 Å². The van der Waals surface area contributed by atoms with Crippen molar-refractivity contribution in [1.82, 2.24) is 9.21 Å². The molecule has 1 aliphatic heterocycles. The van der Waals surface area contributed by atoms with Crippen LogP contribution in [0.5, 0.6) is 0 Å². The first-order chi connectivity index (χ1) is 13.3. The van der Waals surface area contributed by atoms with Crippen LogP contribution in [0.4, 0.5) is 0 Å². The van der Waals surface area contributed by atoms with E-state index in [1.165, 1.54) is 31.8 Å². The molecule has 0 saturated carbocycles. The fourth-order valence-electron chi connectivity index (χ4n) is 3.50. The van der Waals surface area contributed by atoms with Gasteiger partial charge in [0.15, 0.2) is 0 Å². The van der Waals surface area contributed by atoms with Crippen LogP contribution in [0.25, 0.3) is 0 Å². The van der Waals surface area contributed by atoms with Crippen molar-refractivity contribution in [3.05, 3.63) is 64.7 Å². The molecule has 1 unspecified atom stereocenters. The number of hydrogen-bond acceptors (Lipinski definition) is 3. The average Bonchev–Trinajstić information content (AvgIpc) is 2.94. The number of benzene rings is 2. The standard InChI is InChI=1S/C21H25ClN2O3S/c1-23(2)28(26,27)20-12-8-17(9-13-20)21(25)24-14-4-3-5-18(15-24)16-6-10-19(22)11-7-16/h6-13,18H,3-5,14-15H2,1-2H3. The average molecular weight is 421 g/mol. The number of hydrogen-bond donors (Lipinski definition) is 0. The molecule has 1 fully saturated rings. The van der Waals surface area contributed by atoms with Crippen LogP contribution in [0.3, 0.4) is 0 Å². The lowest BCUT2D eigenvalue weighted by molar-refractivity contribution is 0.0754. The number of likely N-dealkylation sites (tertiary alicyclic amines) is 1. The number of nitrogens with zero attached hydrogens (tertiary/aromatic N) is 2. The van der Waals surface area contributed by atoms with Gasteiger partial charge in [-0.05, 0) is 54.8 Å². The Morgan fingerprint density at radius 2 is 1.68 bits per heavy atom. The van der Waals surface area contributed by atoms with Gasteiger partial charge < -0.3 is 4.90 Å². The molecule has 2 aromatic rings. The first kappa shape index (κ1) is 20.8. The summed E-state index contributed by atoms with van der Waals surface area (Å²) in [5.74, 6) is 0.215. The molecule has 1 amide bonds. The molecule has 1 saturated heterocycles. The maximum absolute atomic E-state index is 13.0. The van der Waals surface area contributed by atoms with Gasteiger partial charge in [0.05, 0.1) is 4.90 Å². The van der Waals surface area contributed by atoms with E-state index in [9.17, 15) is 13.2 Å². The lowest BCUT2D eigenvalue weighted by Crippen LogP contribution is -2.34. The molecule has 0 aliphatic carbocycles. The maximum atomic E-state index is 13.0. The van der Waals surface area contributed by atoms with Crippen molar-refractivity contribution in [3.63, 3.8) is 0 Å². The van der Waals surface area contributed by atoms with Gasteiger partial charge >= 0.3 is 0 Å². The maximum Gasteiger partial charge on any atom is 0.253 e. The molecule has 0 bridgehead atoms. The number of rotatable bonds is 4. The molecule has 1 heterocycles. The lowest BCUT2D eigenvalue weighted by atomic mass is 9.94. The summed E-state index contributed by atoms with van der Waals surface area (Å²) < 4.78 is 25.6. The van der Waals surface area contributed by atoms with Crippen molar-refractivity contribution in [2.24, 2.45) is 0 Å². The Morgan fingerprint density at radius 1 is 1.04 bits per heavy atom. The first-order valence-corrected chi connectivity index (χ1v) is 11.2. The van der Waals surface area contributed by atoms with Crippen LogP contribution < -0.4 is 0 Å². The summed E-state index contributed by atoms with van der Waals surface area (Å²) in [6.07, 6.45) is 3.06. The molecular formula is C21H25ClN2O3S. The molecule has 2 aromatic carbocycles. The molecule has 0 N–H and O–H groups in total. The molecule has 1 aliphatic rings. The second-order valence-electron chi connectivity index (χ2n) is 7.31. The summed E-state index contributed by atoms with van der Waals surface area (Å²) in [4.78, 5) is 15.1. The zero-order valence-corrected chi connectivity index (χ0v) is 17.7. The summed E-state index contributed by atoms with van der Waals surface area (Å²) in [5.41, 5.74) is 1.70. The third-order valence-corrected chi connectivity index (χ3v) is 7.26. The Balaban J connectivity index is 1.78. The third kappa shape index (κ3) is 4.57. The van der Waals surface area contributed by atoms with E-state index < -0.39 is 10.0 Å².